The van der Waals surface area contributed by atoms with Crippen LogP contribution < -0.4 is 5.73 Å². The van der Waals surface area contributed by atoms with E-state index in [1.165, 1.54) is 0 Å². The molecule has 0 amide bonds. The van der Waals surface area contributed by atoms with Gasteiger partial charge in [0.05, 0.1) is 49.2 Å². The third kappa shape index (κ3) is 14.4. The molecule has 51 heteroatoms. The van der Waals surface area contributed by atoms with Gasteiger partial charge in [-0.2, -0.15) is 73.8 Å². The Morgan fingerprint density at radius 2 is 1.06 bits per heavy atom. The van der Waals surface area contributed by atoms with Crippen LogP contribution in [0.1, 0.15) is 10.5 Å². The van der Waals surface area contributed by atoms with Gasteiger partial charge in [-0.3, -0.25) is 42.0 Å². The molecule has 0 unspecified atom stereocenters. The number of aromatic nitrogens is 2. The molecule has 0 saturated carbocycles. The zero-order valence-corrected chi connectivity index (χ0v) is 50.5. The number of nitrogen functional groups attached to an aromatic ring is 1. The number of phenolic OH excluding ortho intramolecular Hbond substituents is 2. The monoisotopic (exact) mass is 1450 g/mol. The summed E-state index contributed by atoms with van der Waals surface area (Å²) in [5, 5.41) is 96.1. The van der Waals surface area contributed by atoms with Crippen molar-refractivity contribution in [1.29, 1.82) is 0 Å². The van der Waals surface area contributed by atoms with E-state index in [9.17, 15) is 126 Å². The molecule has 1 aromatic heterocycles. The summed E-state index contributed by atoms with van der Waals surface area (Å²) in [4.78, 5) is 12.7. The molecule has 8 rings (SSSR count). The SMILES string of the molecule is Nc1c(N=Nc2ccc3c(O)c(N=Nc4ccc(N=Nc5c(C(=O)O)nn(-c6cc(S(=O)(=O)O)ccc6S(=O)(=O)O)c5O)c(S(=O)(=O)O)c4)c(S(=O)(=O)O)cc3c2S(=O)(=O)O)cc(S(=O)(=O)O)c2cc(SOOO)c(N=Nc3ccc([N+](=O)[O-])cc3S(=O)(=O)O)c(O)c12. The number of nitrogens with two attached hydrogens (primary N) is 1. The molecule has 490 valence electrons. The lowest BCUT2D eigenvalue weighted by atomic mass is 10.0. The fourth-order valence-electron chi connectivity index (χ4n) is 8.07. The molecule has 0 bridgehead atoms. The van der Waals surface area contributed by atoms with Crippen molar-refractivity contribution in [2.45, 2.75) is 39.2 Å². The normalized spacial score (nSPS) is 13.2. The van der Waals surface area contributed by atoms with Crippen molar-refractivity contribution < 1.29 is 136 Å². The third-order valence-corrected chi connectivity index (χ3v) is 18.8. The molecule has 0 aliphatic carbocycles. The summed E-state index contributed by atoms with van der Waals surface area (Å²) >= 11 is -0.0700. The number of fused-ring (bicyclic) bond motifs is 2. The van der Waals surface area contributed by atoms with E-state index in [1.54, 1.807) is 0 Å². The van der Waals surface area contributed by atoms with E-state index in [4.69, 9.17) is 11.0 Å². The van der Waals surface area contributed by atoms with Gasteiger partial charge in [-0.15, -0.1) is 40.1 Å². The molecule has 43 nitrogen and oxygen atoms in total. The van der Waals surface area contributed by atoms with Gasteiger partial charge >= 0.3 is 5.97 Å². The highest BCUT2D eigenvalue weighted by atomic mass is 32.2. The fourth-order valence-corrected chi connectivity index (χ4v) is 13.2. The second kappa shape index (κ2) is 24.8. The molecule has 0 aliphatic rings. The van der Waals surface area contributed by atoms with Crippen molar-refractivity contribution in [2.24, 2.45) is 40.9 Å². The van der Waals surface area contributed by atoms with Gasteiger partial charge < -0.3 is 26.2 Å². The van der Waals surface area contributed by atoms with Crippen LogP contribution >= 0.6 is 12.0 Å². The molecule has 14 N–H and O–H groups in total. The minimum absolute atomic E-state index is 0.00221. The number of phenols is 2. The van der Waals surface area contributed by atoms with Crippen LogP contribution in [-0.2, 0) is 80.2 Å². The average Bonchev–Trinajstić information content (AvgIpc) is 1.33. The van der Waals surface area contributed by atoms with Gasteiger partial charge in [0.25, 0.3) is 76.5 Å². The maximum Gasteiger partial charge on any atom is 0.358 e. The number of hydrogen-bond acceptors (Lipinski definition) is 34. The minimum Gasteiger partial charge on any atom is -0.505 e. The second-order valence-corrected chi connectivity index (χ2v) is 28.1. The number of azo groups is 4. The van der Waals surface area contributed by atoms with E-state index in [0.717, 1.165) is 18.2 Å². The second-order valence-electron chi connectivity index (χ2n) is 17.7. The molecule has 0 aliphatic heterocycles. The molecule has 0 saturated heterocycles. The van der Waals surface area contributed by atoms with Crippen LogP contribution in [0.15, 0.2) is 165 Å². The first-order chi connectivity index (χ1) is 42.8. The Kier molecular flexibility index (Phi) is 18.4. The Labute approximate surface area is 519 Å². The van der Waals surface area contributed by atoms with Crippen LogP contribution in [0.5, 0.6) is 17.4 Å². The highest BCUT2D eigenvalue weighted by Gasteiger charge is 2.33. The van der Waals surface area contributed by atoms with Crippen LogP contribution in [0.2, 0.25) is 0 Å². The van der Waals surface area contributed by atoms with Crippen LogP contribution in [0.25, 0.3) is 27.2 Å². The summed E-state index contributed by atoms with van der Waals surface area (Å²) in [5.74, 6) is -6.28. The molecule has 8 aromatic rings. The topological polar surface area (TPSA) is 703 Å². The summed E-state index contributed by atoms with van der Waals surface area (Å²) in [6.07, 6.45) is 0. The van der Waals surface area contributed by atoms with Crippen molar-refractivity contribution in [1.82, 2.24) is 9.78 Å². The van der Waals surface area contributed by atoms with Gasteiger partial charge in [0.2, 0.25) is 11.6 Å². The van der Waals surface area contributed by atoms with Gasteiger partial charge in [-0.1, -0.05) is 5.04 Å². The predicted octanol–water partition coefficient (Wildman–Crippen LogP) is 7.30. The van der Waals surface area contributed by atoms with Crippen LogP contribution in [0.4, 0.5) is 56.9 Å². The minimum atomic E-state index is -5.80. The van der Waals surface area contributed by atoms with Crippen molar-refractivity contribution in [3.8, 4) is 23.1 Å². The first kappa shape index (κ1) is 69.2. The van der Waals surface area contributed by atoms with Crippen molar-refractivity contribution >= 4 is 167 Å². The first-order valence-electron chi connectivity index (χ1n) is 23.1. The van der Waals surface area contributed by atoms with E-state index < -0.39 is 228 Å². The first-order valence-corrected chi connectivity index (χ1v) is 33.9. The van der Waals surface area contributed by atoms with Crippen LogP contribution in [-0.4, -0.2) is 137 Å². The zero-order valence-electron chi connectivity index (χ0n) is 44.0. The third-order valence-electron chi connectivity index (χ3n) is 11.9. The summed E-state index contributed by atoms with van der Waals surface area (Å²) < 4.78 is 250. The Bertz CT molecular complexity index is 5590. The standard InChI is InChI=1S/C42H28N12O31S8/c43-33-24(14-28(89(69,70)71)20-12-26(86-85-84-62)34(39(56)32(20)33)49-45-22-6-2-16(54(60)61)10-30(22)91(75,76)77)48-47-23-7-4-18-19(40(23)93(81,82)83)13-31(92(78,79)80)35(38(18)55)50-44-15-1-5-21(29(9-15)90(72,73)74)46-51-36-37(42(58)59)52-53(41(36)57)25-11-17(87(63,64)65)3-8-27(25)88(66,67)68/h1-14,55-57,62H,43H2,(H,58,59)(H,63,64,65)(H,66,67,68)(H,69,70,71)(H,72,73,74)(H,75,76,77)(H,78,79,80)(H,81,82,83). The number of benzene rings is 7. The number of carboxylic acids is 1. The Hall–Kier alpha value is -9.66. The molecular weight excluding hydrogens is 1430 g/mol. The fraction of sp³-hybridized carbons (Fsp3) is 0. The lowest BCUT2D eigenvalue weighted by molar-refractivity contribution is -0.432. The number of nitro groups is 1. The molecular formula is C42H28N12O31S8. The number of rotatable bonds is 21. The number of non-ortho nitro benzene ring substituents is 1. The molecule has 7 aromatic carbocycles. The van der Waals surface area contributed by atoms with E-state index in [-0.39, 0.29) is 22.8 Å². The largest absolute Gasteiger partial charge is 0.505 e. The number of hydrogen-bond donors (Lipinski definition) is 13. The Balaban J connectivity index is 1.23. The Morgan fingerprint density at radius 1 is 0.527 bits per heavy atom. The van der Waals surface area contributed by atoms with Gasteiger partial charge in [-0.25, -0.2) is 10.1 Å². The van der Waals surface area contributed by atoms with E-state index in [1.807, 2.05) is 0 Å². The van der Waals surface area contributed by atoms with Crippen LogP contribution in [0.3, 0.4) is 0 Å². The molecule has 0 atom stereocenters. The molecule has 0 spiro atoms. The number of nitro benzene ring substituents is 1. The van der Waals surface area contributed by atoms with Crippen molar-refractivity contribution in [2.75, 3.05) is 5.73 Å². The highest BCUT2D eigenvalue weighted by Crippen LogP contribution is 2.51. The predicted molar refractivity (Wildman–Crippen MR) is 303 cm³/mol. The number of carbonyl (C=O) groups is 1. The maximum absolute atomic E-state index is 13.2. The number of carboxylic acid groups (broad SMARTS) is 1. The highest BCUT2D eigenvalue weighted by molar-refractivity contribution is 7.94. The van der Waals surface area contributed by atoms with Crippen LogP contribution in [0, 0.1) is 10.1 Å². The quantitative estimate of drug-likeness (QED) is 0.00638. The summed E-state index contributed by atoms with van der Waals surface area (Å²) in [6, 6.07) is 7.47. The molecule has 93 heavy (non-hydrogen) atoms. The summed E-state index contributed by atoms with van der Waals surface area (Å²) in [6.45, 7) is 0. The lowest BCUT2D eigenvalue weighted by Crippen LogP contribution is -2.10. The van der Waals surface area contributed by atoms with Gasteiger partial charge in [-0.05, 0) is 72.8 Å². The number of nitrogens with zero attached hydrogens (tertiary/aromatic N) is 11. The zero-order chi connectivity index (χ0) is 69.2. The van der Waals surface area contributed by atoms with E-state index in [0.29, 0.717) is 60.7 Å². The molecule has 1 heterocycles. The number of aromatic hydroxyl groups is 3. The average molecular weight is 1450 g/mol. The van der Waals surface area contributed by atoms with Crippen molar-refractivity contribution in [3.05, 3.63) is 101 Å². The molecule has 0 fully saturated rings. The number of anilines is 1. The Morgan fingerprint density at radius 3 is 1.61 bits per heavy atom. The van der Waals surface area contributed by atoms with Crippen molar-refractivity contribution in [3.63, 3.8) is 0 Å². The summed E-state index contributed by atoms with van der Waals surface area (Å²) in [7, 11) is -38.5. The van der Waals surface area contributed by atoms with E-state index >= 15 is 0 Å². The number of aromatic carboxylic acids is 1. The lowest BCUT2D eigenvalue weighted by Gasteiger charge is -2.15. The van der Waals surface area contributed by atoms with Gasteiger partial charge in [0.15, 0.2) is 17.2 Å². The maximum atomic E-state index is 13.2. The summed E-state index contributed by atoms with van der Waals surface area (Å²) in [5.41, 5.74) is -5.93. The smallest absolute Gasteiger partial charge is 0.358 e. The van der Waals surface area contributed by atoms with Gasteiger partial charge in [0, 0.05) is 28.3 Å². The molecule has 0 radical (unpaired) electrons. The van der Waals surface area contributed by atoms with Gasteiger partial charge in [0.1, 0.15) is 63.5 Å². The van der Waals surface area contributed by atoms with E-state index in [2.05, 4.69) is 55.4 Å².